The van der Waals surface area contributed by atoms with E-state index in [0.717, 1.165) is 19.4 Å². The zero-order valence-corrected chi connectivity index (χ0v) is 13.5. The van der Waals surface area contributed by atoms with Crippen LogP contribution in [0.15, 0.2) is 23.1 Å². The standard InChI is InChI=1S/C14H25N3O2S/c1-11(2)6-5-9-16-14-10-12(7-8-13(14)15)20(18,19)17(3)4/h7-8,10-11,16H,5-6,9,15H2,1-4H3. The number of benzene rings is 1. The average molecular weight is 299 g/mol. The fraction of sp³-hybridized carbons (Fsp3) is 0.571. The van der Waals surface area contributed by atoms with E-state index in [1.807, 2.05) is 0 Å². The van der Waals surface area contributed by atoms with Gasteiger partial charge in [0.15, 0.2) is 0 Å². The number of nitrogens with one attached hydrogen (secondary N) is 1. The maximum Gasteiger partial charge on any atom is 0.242 e. The summed E-state index contributed by atoms with van der Waals surface area (Å²) in [7, 11) is -0.392. The molecule has 0 atom stereocenters. The molecule has 114 valence electrons. The van der Waals surface area contributed by atoms with Gasteiger partial charge in [-0.05, 0) is 37.0 Å². The molecule has 0 saturated carbocycles. The molecule has 0 aliphatic heterocycles. The Labute approximate surface area is 122 Å². The summed E-state index contributed by atoms with van der Waals surface area (Å²) in [6, 6.07) is 4.76. The van der Waals surface area contributed by atoms with Gasteiger partial charge in [-0.15, -0.1) is 0 Å². The van der Waals surface area contributed by atoms with Crippen LogP contribution in [-0.2, 0) is 10.0 Å². The van der Waals surface area contributed by atoms with E-state index in [-0.39, 0.29) is 4.90 Å². The summed E-state index contributed by atoms with van der Waals surface area (Å²) in [6.45, 7) is 5.14. The lowest BCUT2D eigenvalue weighted by molar-refractivity contribution is 0.521. The van der Waals surface area contributed by atoms with Crippen LogP contribution < -0.4 is 11.1 Å². The molecule has 0 aromatic heterocycles. The van der Waals surface area contributed by atoms with Gasteiger partial charge >= 0.3 is 0 Å². The number of hydrogen-bond acceptors (Lipinski definition) is 4. The molecule has 0 aliphatic carbocycles. The molecule has 1 aromatic rings. The minimum absolute atomic E-state index is 0.253. The zero-order chi connectivity index (χ0) is 15.3. The third-order valence-electron chi connectivity index (χ3n) is 3.08. The first-order valence-electron chi connectivity index (χ1n) is 6.81. The summed E-state index contributed by atoms with van der Waals surface area (Å²) >= 11 is 0. The van der Waals surface area contributed by atoms with Crippen molar-refractivity contribution < 1.29 is 8.42 Å². The van der Waals surface area contributed by atoms with E-state index in [1.165, 1.54) is 24.5 Å². The molecule has 0 aliphatic rings. The maximum atomic E-state index is 12.1. The molecular formula is C14H25N3O2S. The summed E-state index contributed by atoms with van der Waals surface area (Å²) in [5.41, 5.74) is 7.12. The number of anilines is 2. The van der Waals surface area contributed by atoms with Crippen molar-refractivity contribution in [2.24, 2.45) is 5.92 Å². The largest absolute Gasteiger partial charge is 0.397 e. The van der Waals surface area contributed by atoms with E-state index in [1.54, 1.807) is 12.1 Å². The van der Waals surface area contributed by atoms with E-state index in [9.17, 15) is 8.42 Å². The second-order valence-corrected chi connectivity index (χ2v) is 7.65. The van der Waals surface area contributed by atoms with Crippen molar-refractivity contribution in [3.8, 4) is 0 Å². The first kappa shape index (κ1) is 16.8. The molecule has 1 rings (SSSR count). The van der Waals surface area contributed by atoms with Crippen LogP contribution in [0, 0.1) is 5.92 Å². The molecule has 0 unspecified atom stereocenters. The SMILES string of the molecule is CC(C)CCCNc1cc(S(=O)(=O)N(C)C)ccc1N. The number of sulfonamides is 1. The quantitative estimate of drug-likeness (QED) is 0.598. The highest BCUT2D eigenvalue weighted by Crippen LogP contribution is 2.24. The van der Waals surface area contributed by atoms with Gasteiger partial charge in [-0.25, -0.2) is 12.7 Å². The molecule has 0 heterocycles. The van der Waals surface area contributed by atoms with Crippen LogP contribution in [0.2, 0.25) is 0 Å². The van der Waals surface area contributed by atoms with Crippen molar-refractivity contribution in [1.82, 2.24) is 4.31 Å². The van der Waals surface area contributed by atoms with Crippen LogP contribution in [0.3, 0.4) is 0 Å². The molecule has 3 N–H and O–H groups in total. The Hall–Kier alpha value is -1.27. The van der Waals surface area contributed by atoms with Gasteiger partial charge in [0.05, 0.1) is 16.3 Å². The van der Waals surface area contributed by atoms with Crippen molar-refractivity contribution in [2.45, 2.75) is 31.6 Å². The Kier molecular flexibility index (Phi) is 5.83. The summed E-state index contributed by atoms with van der Waals surface area (Å²) in [4.78, 5) is 0.253. The first-order valence-corrected chi connectivity index (χ1v) is 8.25. The highest BCUT2D eigenvalue weighted by molar-refractivity contribution is 7.89. The van der Waals surface area contributed by atoms with E-state index in [0.29, 0.717) is 17.3 Å². The average Bonchev–Trinajstić information content (AvgIpc) is 2.35. The number of rotatable bonds is 7. The summed E-state index contributed by atoms with van der Waals surface area (Å²) in [6.07, 6.45) is 2.16. The molecule has 1 aromatic carbocycles. The molecule has 6 heteroatoms. The second-order valence-electron chi connectivity index (χ2n) is 5.50. The summed E-state index contributed by atoms with van der Waals surface area (Å²) in [5, 5.41) is 3.21. The van der Waals surface area contributed by atoms with Gasteiger partial charge in [0.2, 0.25) is 10.0 Å². The van der Waals surface area contributed by atoms with Crippen LogP contribution >= 0.6 is 0 Å². The van der Waals surface area contributed by atoms with Crippen LogP contribution in [0.1, 0.15) is 26.7 Å². The van der Waals surface area contributed by atoms with Crippen LogP contribution in [-0.4, -0.2) is 33.4 Å². The van der Waals surface area contributed by atoms with Gasteiger partial charge in [-0.1, -0.05) is 13.8 Å². The predicted molar refractivity (Wildman–Crippen MR) is 84.3 cm³/mol. The molecule has 0 spiro atoms. The Morgan fingerprint density at radius 1 is 1.30 bits per heavy atom. The van der Waals surface area contributed by atoms with Crippen molar-refractivity contribution >= 4 is 21.4 Å². The fourth-order valence-corrected chi connectivity index (χ4v) is 2.72. The van der Waals surface area contributed by atoms with Gasteiger partial charge in [-0.3, -0.25) is 0 Å². The van der Waals surface area contributed by atoms with Crippen molar-refractivity contribution in [3.63, 3.8) is 0 Å². The van der Waals surface area contributed by atoms with E-state index in [4.69, 9.17) is 5.73 Å². The van der Waals surface area contributed by atoms with E-state index in [2.05, 4.69) is 19.2 Å². The van der Waals surface area contributed by atoms with Gasteiger partial charge < -0.3 is 11.1 Å². The smallest absolute Gasteiger partial charge is 0.242 e. The molecule has 0 saturated heterocycles. The maximum absolute atomic E-state index is 12.1. The van der Waals surface area contributed by atoms with Gasteiger partial charge in [0.1, 0.15) is 0 Å². The molecular weight excluding hydrogens is 274 g/mol. The lowest BCUT2D eigenvalue weighted by Crippen LogP contribution is -2.22. The predicted octanol–water partition coefficient (Wildman–Crippen LogP) is 2.37. The zero-order valence-electron chi connectivity index (χ0n) is 12.7. The molecule has 5 nitrogen and oxygen atoms in total. The van der Waals surface area contributed by atoms with Crippen molar-refractivity contribution in [3.05, 3.63) is 18.2 Å². The van der Waals surface area contributed by atoms with Crippen LogP contribution in [0.4, 0.5) is 11.4 Å². The number of nitrogen functional groups attached to an aromatic ring is 1. The molecule has 0 amide bonds. The molecule has 0 radical (unpaired) electrons. The Balaban J connectivity index is 2.82. The molecule has 0 fully saturated rings. The van der Waals surface area contributed by atoms with Crippen molar-refractivity contribution in [2.75, 3.05) is 31.7 Å². The topological polar surface area (TPSA) is 75.4 Å². The number of nitrogens with two attached hydrogens (primary N) is 1. The molecule has 20 heavy (non-hydrogen) atoms. The minimum Gasteiger partial charge on any atom is -0.397 e. The lowest BCUT2D eigenvalue weighted by Gasteiger charge is -2.15. The highest BCUT2D eigenvalue weighted by Gasteiger charge is 2.18. The van der Waals surface area contributed by atoms with E-state index < -0.39 is 10.0 Å². The first-order chi connectivity index (χ1) is 9.25. The van der Waals surface area contributed by atoms with Crippen LogP contribution in [0.5, 0.6) is 0 Å². The normalized spacial score (nSPS) is 12.1. The number of nitrogens with zero attached hydrogens (tertiary/aromatic N) is 1. The van der Waals surface area contributed by atoms with E-state index >= 15 is 0 Å². The highest BCUT2D eigenvalue weighted by atomic mass is 32.2. The summed E-state index contributed by atoms with van der Waals surface area (Å²) in [5.74, 6) is 0.662. The number of hydrogen-bond donors (Lipinski definition) is 2. The van der Waals surface area contributed by atoms with Gasteiger partial charge in [0.25, 0.3) is 0 Å². The van der Waals surface area contributed by atoms with Crippen molar-refractivity contribution in [1.29, 1.82) is 0 Å². The monoisotopic (exact) mass is 299 g/mol. The van der Waals surface area contributed by atoms with Crippen LogP contribution in [0.25, 0.3) is 0 Å². The second kappa shape index (κ2) is 6.95. The minimum atomic E-state index is -3.42. The molecule has 0 bridgehead atoms. The van der Waals surface area contributed by atoms with Gasteiger partial charge in [-0.2, -0.15) is 0 Å². The Morgan fingerprint density at radius 2 is 1.95 bits per heavy atom. The summed E-state index contributed by atoms with van der Waals surface area (Å²) < 4.78 is 25.3. The lowest BCUT2D eigenvalue weighted by atomic mass is 10.1. The Morgan fingerprint density at radius 3 is 2.50 bits per heavy atom. The fourth-order valence-electron chi connectivity index (χ4n) is 1.79. The van der Waals surface area contributed by atoms with Gasteiger partial charge in [0, 0.05) is 20.6 Å². The third kappa shape index (κ3) is 4.38. The Bertz CT molecular complexity index is 539. The third-order valence-corrected chi connectivity index (χ3v) is 4.89.